The van der Waals surface area contributed by atoms with Crippen LogP contribution in [0.15, 0.2) is 24.3 Å². The first-order valence-corrected chi connectivity index (χ1v) is 4.41. The third-order valence-electron chi connectivity index (χ3n) is 1.87. The summed E-state index contributed by atoms with van der Waals surface area (Å²) in [6.45, 7) is 0.514. The number of methoxy groups -OCH3 is 2. The van der Waals surface area contributed by atoms with E-state index < -0.39 is 0 Å². The average molecular weight is 230 g/mol. The first-order chi connectivity index (χ1) is 6.83. The zero-order valence-corrected chi connectivity index (χ0v) is 9.71. The standard InChI is InChI=1S/C11H15NO2.ClH/c1-13-10-7-3-5-9(6-4-8-12)11(10)14-2;/h3-7H,8,12H2,1-2H3;1H. The number of nitrogens with two attached hydrogens (primary N) is 1. The van der Waals surface area contributed by atoms with E-state index >= 15 is 0 Å². The monoisotopic (exact) mass is 229 g/mol. The molecule has 0 atom stereocenters. The van der Waals surface area contributed by atoms with Gasteiger partial charge in [0.1, 0.15) is 0 Å². The van der Waals surface area contributed by atoms with Gasteiger partial charge >= 0.3 is 0 Å². The van der Waals surface area contributed by atoms with Crippen LogP contribution in [0.4, 0.5) is 0 Å². The number of rotatable bonds is 4. The van der Waals surface area contributed by atoms with Crippen LogP contribution in [0.2, 0.25) is 0 Å². The van der Waals surface area contributed by atoms with Crippen molar-refractivity contribution in [3.63, 3.8) is 0 Å². The molecular formula is C11H16ClNO2. The van der Waals surface area contributed by atoms with Crippen molar-refractivity contribution in [3.8, 4) is 11.5 Å². The van der Waals surface area contributed by atoms with Crippen LogP contribution < -0.4 is 15.2 Å². The molecular weight excluding hydrogens is 214 g/mol. The molecule has 0 amide bonds. The number of benzene rings is 1. The minimum absolute atomic E-state index is 0. The first kappa shape index (κ1) is 13.8. The Kier molecular flexibility index (Phi) is 6.58. The van der Waals surface area contributed by atoms with Crippen LogP contribution >= 0.6 is 12.4 Å². The molecule has 0 spiro atoms. The highest BCUT2D eigenvalue weighted by Crippen LogP contribution is 2.31. The fraction of sp³-hybridized carbons (Fsp3) is 0.273. The Morgan fingerprint density at radius 2 is 2.00 bits per heavy atom. The van der Waals surface area contributed by atoms with Crippen molar-refractivity contribution < 1.29 is 9.47 Å². The topological polar surface area (TPSA) is 44.5 Å². The van der Waals surface area contributed by atoms with Gasteiger partial charge in [0, 0.05) is 12.1 Å². The first-order valence-electron chi connectivity index (χ1n) is 4.41. The highest BCUT2D eigenvalue weighted by Gasteiger charge is 2.05. The second-order valence-corrected chi connectivity index (χ2v) is 2.72. The predicted molar refractivity (Wildman–Crippen MR) is 64.9 cm³/mol. The summed E-state index contributed by atoms with van der Waals surface area (Å²) in [5.41, 5.74) is 6.35. The molecule has 0 saturated heterocycles. The lowest BCUT2D eigenvalue weighted by atomic mass is 10.1. The molecule has 3 nitrogen and oxygen atoms in total. The van der Waals surface area contributed by atoms with E-state index in [0.717, 1.165) is 17.1 Å². The Labute approximate surface area is 96.3 Å². The molecule has 0 saturated carbocycles. The fourth-order valence-corrected chi connectivity index (χ4v) is 1.24. The summed E-state index contributed by atoms with van der Waals surface area (Å²) in [6.07, 6.45) is 3.79. The maximum absolute atomic E-state index is 5.38. The zero-order chi connectivity index (χ0) is 10.4. The summed E-state index contributed by atoms with van der Waals surface area (Å²) >= 11 is 0. The van der Waals surface area contributed by atoms with Gasteiger partial charge in [0.15, 0.2) is 11.5 Å². The van der Waals surface area contributed by atoms with Crippen molar-refractivity contribution in [2.75, 3.05) is 20.8 Å². The molecule has 2 N–H and O–H groups in total. The quantitative estimate of drug-likeness (QED) is 0.860. The van der Waals surface area contributed by atoms with Gasteiger partial charge in [-0.2, -0.15) is 0 Å². The largest absolute Gasteiger partial charge is 0.493 e. The fourth-order valence-electron chi connectivity index (χ4n) is 1.24. The lowest BCUT2D eigenvalue weighted by molar-refractivity contribution is 0.354. The van der Waals surface area contributed by atoms with E-state index in [0.29, 0.717) is 6.54 Å². The van der Waals surface area contributed by atoms with Gasteiger partial charge < -0.3 is 15.2 Å². The van der Waals surface area contributed by atoms with Crippen molar-refractivity contribution in [2.45, 2.75) is 0 Å². The molecule has 0 bridgehead atoms. The Bertz CT molecular complexity index is 326. The third kappa shape index (κ3) is 3.46. The van der Waals surface area contributed by atoms with Gasteiger partial charge in [0.05, 0.1) is 14.2 Å². The molecule has 0 fully saturated rings. The lowest BCUT2D eigenvalue weighted by Gasteiger charge is -2.09. The number of hydrogen-bond donors (Lipinski definition) is 1. The maximum Gasteiger partial charge on any atom is 0.167 e. The van der Waals surface area contributed by atoms with Crippen molar-refractivity contribution in [1.29, 1.82) is 0 Å². The Hall–Kier alpha value is -1.19. The minimum atomic E-state index is 0. The summed E-state index contributed by atoms with van der Waals surface area (Å²) in [4.78, 5) is 0. The number of hydrogen-bond acceptors (Lipinski definition) is 3. The maximum atomic E-state index is 5.38. The van der Waals surface area contributed by atoms with E-state index in [4.69, 9.17) is 15.2 Å². The Balaban J connectivity index is 0.00000196. The van der Waals surface area contributed by atoms with E-state index in [2.05, 4.69) is 0 Å². The van der Waals surface area contributed by atoms with Crippen molar-refractivity contribution in [2.24, 2.45) is 5.73 Å². The predicted octanol–water partition coefficient (Wildman–Crippen LogP) is 2.10. The minimum Gasteiger partial charge on any atom is -0.493 e. The van der Waals surface area contributed by atoms with Crippen LogP contribution in [0.3, 0.4) is 0 Å². The lowest BCUT2D eigenvalue weighted by Crippen LogP contribution is -1.94. The van der Waals surface area contributed by atoms with E-state index in [1.54, 1.807) is 14.2 Å². The molecule has 0 radical (unpaired) electrons. The smallest absolute Gasteiger partial charge is 0.167 e. The molecule has 1 rings (SSSR count). The molecule has 4 heteroatoms. The summed E-state index contributed by atoms with van der Waals surface area (Å²) in [7, 11) is 3.24. The van der Waals surface area contributed by atoms with Crippen LogP contribution in [0, 0.1) is 0 Å². The molecule has 84 valence electrons. The highest BCUT2D eigenvalue weighted by molar-refractivity contribution is 5.85. The van der Waals surface area contributed by atoms with Gasteiger partial charge in [-0.15, -0.1) is 12.4 Å². The molecule has 0 aliphatic rings. The summed E-state index contributed by atoms with van der Waals surface area (Å²) in [5, 5.41) is 0. The van der Waals surface area contributed by atoms with Gasteiger partial charge in [0.25, 0.3) is 0 Å². The second kappa shape index (κ2) is 7.15. The number of ether oxygens (including phenoxy) is 2. The van der Waals surface area contributed by atoms with Crippen LogP contribution in [-0.4, -0.2) is 20.8 Å². The summed E-state index contributed by atoms with van der Waals surface area (Å²) < 4.78 is 10.4. The highest BCUT2D eigenvalue weighted by atomic mass is 35.5. The Morgan fingerprint density at radius 3 is 2.53 bits per heavy atom. The number of halogens is 1. The van der Waals surface area contributed by atoms with Crippen molar-refractivity contribution in [1.82, 2.24) is 0 Å². The molecule has 1 aromatic rings. The molecule has 0 unspecified atom stereocenters. The third-order valence-corrected chi connectivity index (χ3v) is 1.87. The van der Waals surface area contributed by atoms with E-state index in [9.17, 15) is 0 Å². The van der Waals surface area contributed by atoms with Crippen LogP contribution in [0.5, 0.6) is 11.5 Å². The molecule has 15 heavy (non-hydrogen) atoms. The van der Waals surface area contributed by atoms with Gasteiger partial charge in [-0.3, -0.25) is 0 Å². The van der Waals surface area contributed by atoms with E-state index in [1.807, 2.05) is 30.4 Å². The number of para-hydroxylation sites is 1. The SMILES string of the molecule is COc1cccc(C=CCN)c1OC.Cl. The Morgan fingerprint density at radius 1 is 1.27 bits per heavy atom. The molecule has 0 aliphatic heterocycles. The van der Waals surface area contributed by atoms with Crippen LogP contribution in [0.25, 0.3) is 6.08 Å². The van der Waals surface area contributed by atoms with Crippen LogP contribution in [-0.2, 0) is 0 Å². The molecule has 1 aromatic carbocycles. The molecule has 0 heterocycles. The molecule has 0 aliphatic carbocycles. The molecule has 0 aromatic heterocycles. The van der Waals surface area contributed by atoms with Gasteiger partial charge in [-0.05, 0) is 6.07 Å². The normalized spacial score (nSPS) is 9.80. The summed E-state index contributed by atoms with van der Waals surface area (Å²) in [5.74, 6) is 1.46. The second-order valence-electron chi connectivity index (χ2n) is 2.72. The van der Waals surface area contributed by atoms with Gasteiger partial charge in [0.2, 0.25) is 0 Å². The van der Waals surface area contributed by atoms with Crippen LogP contribution in [0.1, 0.15) is 5.56 Å². The van der Waals surface area contributed by atoms with Gasteiger partial charge in [-0.1, -0.05) is 24.3 Å². The van der Waals surface area contributed by atoms with Crippen molar-refractivity contribution >= 4 is 18.5 Å². The van der Waals surface area contributed by atoms with E-state index in [1.165, 1.54) is 0 Å². The van der Waals surface area contributed by atoms with E-state index in [-0.39, 0.29) is 12.4 Å². The average Bonchev–Trinajstić information content (AvgIpc) is 2.25. The zero-order valence-electron chi connectivity index (χ0n) is 8.90. The van der Waals surface area contributed by atoms with Gasteiger partial charge in [-0.25, -0.2) is 0 Å². The van der Waals surface area contributed by atoms with Crippen molar-refractivity contribution in [3.05, 3.63) is 29.8 Å². The summed E-state index contributed by atoms with van der Waals surface area (Å²) in [6, 6.07) is 5.73.